The third-order valence-electron chi connectivity index (χ3n) is 9.59. The fourth-order valence-electron chi connectivity index (χ4n) is 7.97. The number of hydrogen-bond donors (Lipinski definition) is 1. The van der Waals surface area contributed by atoms with E-state index < -0.39 is 22.7 Å². The van der Waals surface area contributed by atoms with Crippen molar-refractivity contribution in [3.05, 3.63) is 113 Å². The summed E-state index contributed by atoms with van der Waals surface area (Å²) in [5, 5.41) is 12.7. The highest BCUT2D eigenvalue weighted by atomic mass is 79.9. The SMILES string of the molecule is O=C1[C@H]2[C@H]3C[C@@H]([C@@H]2C(=O)N1c1ccc(Br)cc1)[C@H]1[C@H](c2cc([N+](=O)[O-])ccc2OCc2ccccc2)c2sc(=O)[nH]c2S[C@H]31. The molecular weight excluding hydrogens is 666 g/mol. The number of amides is 2. The molecule has 1 saturated heterocycles. The average Bonchev–Trinajstić information content (AvgIpc) is 3.76. The first-order valence-corrected chi connectivity index (χ1v) is 16.8. The fraction of sp³-hybridized carbons (Fsp3) is 0.281. The van der Waals surface area contributed by atoms with Gasteiger partial charge in [-0.05, 0) is 60.1 Å². The molecule has 2 aliphatic carbocycles. The lowest BCUT2D eigenvalue weighted by Gasteiger charge is -2.43. The minimum Gasteiger partial charge on any atom is -0.489 e. The van der Waals surface area contributed by atoms with E-state index in [0.717, 1.165) is 31.3 Å². The molecule has 1 N–H and O–H groups in total. The van der Waals surface area contributed by atoms with E-state index in [0.29, 0.717) is 23.4 Å². The van der Waals surface area contributed by atoms with Gasteiger partial charge in [0.25, 0.3) is 5.69 Å². The number of halogens is 1. The first kappa shape index (κ1) is 27.8. The zero-order valence-corrected chi connectivity index (χ0v) is 26.1. The highest BCUT2D eigenvalue weighted by molar-refractivity contribution is 9.10. The molecule has 0 radical (unpaired) electrons. The Labute approximate surface area is 267 Å². The number of aromatic amines is 1. The van der Waals surface area contributed by atoms with Crippen molar-refractivity contribution in [2.24, 2.45) is 29.6 Å². The van der Waals surface area contributed by atoms with Gasteiger partial charge in [0, 0.05) is 38.2 Å². The summed E-state index contributed by atoms with van der Waals surface area (Å²) >= 11 is 6.11. The first-order valence-electron chi connectivity index (χ1n) is 14.3. The topological polar surface area (TPSA) is 123 Å². The number of H-pyrrole nitrogens is 1. The van der Waals surface area contributed by atoms with E-state index in [4.69, 9.17) is 4.74 Å². The van der Waals surface area contributed by atoms with Crippen LogP contribution in [0.25, 0.3) is 0 Å². The molecule has 2 saturated carbocycles. The maximum atomic E-state index is 14.0. The fourth-order valence-corrected chi connectivity index (χ4v) is 11.1. The Hall–Kier alpha value is -3.74. The Kier molecular flexibility index (Phi) is 6.58. The molecule has 3 heterocycles. The quantitative estimate of drug-likeness (QED) is 0.142. The smallest absolute Gasteiger partial charge is 0.305 e. The monoisotopic (exact) mass is 689 g/mol. The van der Waals surface area contributed by atoms with Crippen molar-refractivity contribution in [1.29, 1.82) is 0 Å². The lowest BCUT2D eigenvalue weighted by atomic mass is 9.68. The van der Waals surface area contributed by atoms with E-state index >= 15 is 0 Å². The van der Waals surface area contributed by atoms with Crippen molar-refractivity contribution in [2.45, 2.75) is 29.2 Å². The number of non-ortho nitro benzene ring substituents is 1. The molecule has 3 aromatic carbocycles. The van der Waals surface area contributed by atoms with Gasteiger partial charge >= 0.3 is 4.87 Å². The average molecular weight is 691 g/mol. The molecule has 7 atom stereocenters. The van der Waals surface area contributed by atoms with Crippen molar-refractivity contribution in [3.63, 3.8) is 0 Å². The molecule has 12 heteroatoms. The zero-order chi connectivity index (χ0) is 30.3. The molecule has 2 amide bonds. The van der Waals surface area contributed by atoms with Crippen LogP contribution in [0.1, 0.15) is 28.3 Å². The summed E-state index contributed by atoms with van der Waals surface area (Å²) < 4.78 is 7.18. The lowest BCUT2D eigenvalue weighted by Crippen LogP contribution is -2.42. The molecule has 9 nitrogen and oxygen atoms in total. The van der Waals surface area contributed by atoms with Crippen LogP contribution < -0.4 is 14.5 Å². The number of nitro groups is 1. The standard InChI is InChI=1S/C32H24BrN3O6S2/c33-16-6-8-17(9-7-16)35-30(37)25-20-13-21(26(25)31(35)38)27-24(20)23(28-29(43-27)34-32(39)44-28)19-12-18(36(40)41)10-11-22(19)42-14-15-4-2-1-3-5-15/h1-12,20-21,23-27H,13-14H2,(H,34,39)/t20-,21-,23+,24+,25+,26+,27-/m1/s1. The predicted octanol–water partition coefficient (Wildman–Crippen LogP) is 6.36. The van der Waals surface area contributed by atoms with Crippen LogP contribution in [0.5, 0.6) is 5.75 Å². The van der Waals surface area contributed by atoms with Gasteiger partial charge in [-0.3, -0.25) is 29.4 Å². The summed E-state index contributed by atoms with van der Waals surface area (Å²) in [5.41, 5.74) is 2.07. The van der Waals surface area contributed by atoms with Gasteiger partial charge in [-0.1, -0.05) is 57.6 Å². The van der Waals surface area contributed by atoms with Crippen LogP contribution in [-0.4, -0.2) is 27.0 Å². The number of nitrogens with one attached hydrogen (secondary N) is 1. The number of thioether (sulfide) groups is 1. The minimum atomic E-state index is -0.481. The van der Waals surface area contributed by atoms with Gasteiger partial charge in [-0.15, -0.1) is 11.8 Å². The van der Waals surface area contributed by atoms with E-state index in [-0.39, 0.29) is 52.0 Å². The Morgan fingerprint density at radius 3 is 2.43 bits per heavy atom. The van der Waals surface area contributed by atoms with Crippen LogP contribution >= 0.6 is 39.0 Å². The number of nitro benzene ring substituents is 1. The van der Waals surface area contributed by atoms with E-state index in [2.05, 4.69) is 20.9 Å². The number of carbonyl (C=O) groups is 2. The molecule has 3 fully saturated rings. The molecule has 0 spiro atoms. The summed E-state index contributed by atoms with van der Waals surface area (Å²) in [6, 6.07) is 21.5. The largest absolute Gasteiger partial charge is 0.489 e. The van der Waals surface area contributed by atoms with Crippen LogP contribution in [0.3, 0.4) is 0 Å². The number of fused-ring (bicyclic) bond motifs is 9. The number of anilines is 1. The lowest BCUT2D eigenvalue weighted by molar-refractivity contribution is -0.385. The number of rotatable bonds is 6. The maximum absolute atomic E-state index is 14.0. The van der Waals surface area contributed by atoms with Gasteiger partial charge in [0.05, 0.1) is 27.5 Å². The number of imide groups is 1. The number of benzene rings is 3. The molecule has 4 aromatic rings. The van der Waals surface area contributed by atoms with Gasteiger partial charge in [0.2, 0.25) is 11.8 Å². The summed E-state index contributed by atoms with van der Waals surface area (Å²) in [7, 11) is 0. The van der Waals surface area contributed by atoms with Crippen molar-refractivity contribution < 1.29 is 19.2 Å². The molecule has 2 aliphatic heterocycles. The first-order chi connectivity index (χ1) is 21.3. The van der Waals surface area contributed by atoms with Crippen LogP contribution in [0.15, 0.2) is 87.1 Å². The Morgan fingerprint density at radius 2 is 1.70 bits per heavy atom. The second-order valence-electron chi connectivity index (χ2n) is 11.7. The molecule has 1 aromatic heterocycles. The molecule has 222 valence electrons. The van der Waals surface area contributed by atoms with Crippen molar-refractivity contribution in [3.8, 4) is 5.75 Å². The number of ether oxygens (including phenoxy) is 1. The third-order valence-corrected chi connectivity index (χ3v) is 12.7. The van der Waals surface area contributed by atoms with Gasteiger partial charge in [0.15, 0.2) is 0 Å². The van der Waals surface area contributed by atoms with Crippen molar-refractivity contribution in [1.82, 2.24) is 4.98 Å². The van der Waals surface area contributed by atoms with Gasteiger partial charge in [0.1, 0.15) is 12.4 Å². The van der Waals surface area contributed by atoms with Crippen molar-refractivity contribution in [2.75, 3.05) is 4.90 Å². The summed E-state index contributed by atoms with van der Waals surface area (Å²) in [5.74, 6) is -1.49. The summed E-state index contributed by atoms with van der Waals surface area (Å²) in [6.07, 6.45) is 0.716. The molecule has 2 bridgehead atoms. The zero-order valence-electron chi connectivity index (χ0n) is 22.9. The van der Waals surface area contributed by atoms with Crippen LogP contribution in [-0.2, 0) is 16.2 Å². The number of aromatic nitrogens is 1. The van der Waals surface area contributed by atoms with Crippen LogP contribution in [0.2, 0.25) is 0 Å². The second kappa shape index (κ2) is 10.4. The van der Waals surface area contributed by atoms with Gasteiger partial charge < -0.3 is 9.72 Å². The Balaban J connectivity index is 1.23. The minimum absolute atomic E-state index is 0.0492. The van der Waals surface area contributed by atoms with Gasteiger partial charge in [-0.2, -0.15) is 0 Å². The maximum Gasteiger partial charge on any atom is 0.305 e. The summed E-state index contributed by atoms with van der Waals surface area (Å²) in [4.78, 5) is 57.1. The molecular formula is C32H24BrN3O6S2. The van der Waals surface area contributed by atoms with Crippen molar-refractivity contribution >= 4 is 62.2 Å². The normalized spacial score (nSPS) is 28.1. The van der Waals surface area contributed by atoms with E-state index in [1.165, 1.54) is 11.0 Å². The Bertz CT molecular complexity index is 1890. The Morgan fingerprint density at radius 1 is 0.977 bits per heavy atom. The van der Waals surface area contributed by atoms with E-state index in [1.807, 2.05) is 42.5 Å². The highest BCUT2D eigenvalue weighted by Gasteiger charge is 2.70. The van der Waals surface area contributed by atoms with Gasteiger partial charge in [-0.25, -0.2) is 0 Å². The number of nitrogens with zero attached hydrogens (tertiary/aromatic N) is 2. The molecule has 4 aliphatic rings. The number of thiazole rings is 1. The van der Waals surface area contributed by atoms with E-state index in [9.17, 15) is 24.5 Å². The molecule has 44 heavy (non-hydrogen) atoms. The molecule has 8 rings (SSSR count). The summed E-state index contributed by atoms with van der Waals surface area (Å²) in [6.45, 7) is 0.267. The molecule has 0 unspecified atom stereocenters. The highest BCUT2D eigenvalue weighted by Crippen LogP contribution is 2.69. The number of hydrogen-bond acceptors (Lipinski definition) is 8. The van der Waals surface area contributed by atoms with E-state index in [1.54, 1.807) is 36.0 Å². The third kappa shape index (κ3) is 4.21. The van der Waals surface area contributed by atoms with Crippen LogP contribution in [0, 0.1) is 39.7 Å². The number of carbonyl (C=O) groups excluding carboxylic acids is 2. The predicted molar refractivity (Wildman–Crippen MR) is 169 cm³/mol. The van der Waals surface area contributed by atoms with Crippen LogP contribution in [0.4, 0.5) is 11.4 Å². The second-order valence-corrected chi connectivity index (χ2v) is 14.8.